The molecule has 0 radical (unpaired) electrons. The first-order chi connectivity index (χ1) is 9.69. The summed E-state index contributed by atoms with van der Waals surface area (Å²) in [5, 5.41) is 0. The molecule has 1 unspecified atom stereocenters. The maximum absolute atomic E-state index is 5.83. The number of aromatic nitrogens is 2. The van der Waals surface area contributed by atoms with Gasteiger partial charge >= 0.3 is 0 Å². The van der Waals surface area contributed by atoms with Crippen LogP contribution >= 0.6 is 0 Å². The Morgan fingerprint density at radius 3 is 2.85 bits per heavy atom. The second kappa shape index (κ2) is 5.17. The van der Waals surface area contributed by atoms with Crippen LogP contribution in [0.2, 0.25) is 0 Å². The Bertz CT molecular complexity index is 607. The normalized spacial score (nSPS) is 14.8. The van der Waals surface area contributed by atoms with Crippen LogP contribution in [0, 0.1) is 5.92 Å². The van der Waals surface area contributed by atoms with Gasteiger partial charge in [0.2, 0.25) is 6.79 Å². The van der Waals surface area contributed by atoms with Gasteiger partial charge in [0.05, 0.1) is 11.9 Å². The molecule has 0 spiro atoms. The number of nitrogens with one attached hydrogen (secondary N) is 1. The molecular formula is C15H19N3O2. The summed E-state index contributed by atoms with van der Waals surface area (Å²) in [7, 11) is 0. The summed E-state index contributed by atoms with van der Waals surface area (Å²) < 4.78 is 10.7. The van der Waals surface area contributed by atoms with E-state index in [1.807, 2.05) is 24.4 Å². The fraction of sp³-hybridized carbons (Fsp3) is 0.400. The Balaban J connectivity index is 1.90. The highest BCUT2D eigenvalue weighted by Crippen LogP contribution is 2.35. The number of nitrogens with two attached hydrogens (primary N) is 1. The largest absolute Gasteiger partial charge is 0.454 e. The molecule has 5 heteroatoms. The van der Waals surface area contributed by atoms with E-state index in [1.165, 1.54) is 0 Å². The quantitative estimate of drug-likeness (QED) is 0.897. The fourth-order valence-corrected chi connectivity index (χ4v) is 2.44. The lowest BCUT2D eigenvalue weighted by atomic mass is 9.95. The Morgan fingerprint density at radius 1 is 1.30 bits per heavy atom. The van der Waals surface area contributed by atoms with Gasteiger partial charge in [-0.15, -0.1) is 0 Å². The molecule has 106 valence electrons. The zero-order valence-corrected chi connectivity index (χ0v) is 11.7. The van der Waals surface area contributed by atoms with E-state index in [4.69, 9.17) is 15.2 Å². The summed E-state index contributed by atoms with van der Waals surface area (Å²) in [6.07, 6.45) is 1.85. The molecule has 1 aromatic carbocycles. The Labute approximate surface area is 118 Å². The molecule has 2 aromatic rings. The summed E-state index contributed by atoms with van der Waals surface area (Å²) >= 11 is 0. The van der Waals surface area contributed by atoms with E-state index >= 15 is 0 Å². The summed E-state index contributed by atoms with van der Waals surface area (Å²) in [4.78, 5) is 7.84. The third-order valence-corrected chi connectivity index (χ3v) is 3.69. The number of benzene rings is 1. The number of hydrogen-bond donors (Lipinski definition) is 2. The number of hydrogen-bond acceptors (Lipinski definition) is 4. The summed E-state index contributed by atoms with van der Waals surface area (Å²) in [6, 6.07) is 5.88. The second-order valence-electron chi connectivity index (χ2n) is 5.34. The molecule has 1 atom stereocenters. The molecule has 0 amide bonds. The third-order valence-electron chi connectivity index (χ3n) is 3.69. The predicted molar refractivity (Wildman–Crippen MR) is 76.8 cm³/mol. The van der Waals surface area contributed by atoms with Gasteiger partial charge in [0.25, 0.3) is 0 Å². The van der Waals surface area contributed by atoms with Gasteiger partial charge < -0.3 is 20.2 Å². The van der Waals surface area contributed by atoms with Crippen molar-refractivity contribution in [2.75, 3.05) is 13.3 Å². The number of imidazole rings is 1. The number of nitrogens with zero attached hydrogens (tertiary/aromatic N) is 1. The van der Waals surface area contributed by atoms with Gasteiger partial charge in [0.15, 0.2) is 11.5 Å². The van der Waals surface area contributed by atoms with E-state index in [2.05, 4.69) is 23.8 Å². The maximum atomic E-state index is 5.83. The van der Waals surface area contributed by atoms with Crippen molar-refractivity contribution in [2.24, 2.45) is 11.7 Å². The highest BCUT2D eigenvalue weighted by atomic mass is 16.7. The summed E-state index contributed by atoms with van der Waals surface area (Å²) in [5.74, 6) is 3.21. The standard InChI is InChI=1S/C15H19N3O2/c1-9(2)11(6-16)15-17-7-12(18-15)10-3-4-13-14(5-10)20-8-19-13/h3-5,7,9,11H,6,8,16H2,1-2H3,(H,17,18). The van der Waals surface area contributed by atoms with Crippen molar-refractivity contribution in [3.8, 4) is 22.8 Å². The van der Waals surface area contributed by atoms with Crippen molar-refractivity contribution < 1.29 is 9.47 Å². The number of aromatic amines is 1. The minimum atomic E-state index is 0.248. The highest BCUT2D eigenvalue weighted by molar-refractivity contribution is 5.64. The van der Waals surface area contributed by atoms with Crippen LogP contribution in [-0.4, -0.2) is 23.3 Å². The van der Waals surface area contributed by atoms with Crippen LogP contribution in [0.15, 0.2) is 24.4 Å². The second-order valence-corrected chi connectivity index (χ2v) is 5.34. The molecule has 0 saturated carbocycles. The lowest BCUT2D eigenvalue weighted by Crippen LogP contribution is -2.19. The first kappa shape index (κ1) is 13.0. The minimum absolute atomic E-state index is 0.248. The predicted octanol–water partition coefficient (Wildman–Crippen LogP) is 2.50. The molecule has 0 aliphatic carbocycles. The van der Waals surface area contributed by atoms with Crippen molar-refractivity contribution in [1.82, 2.24) is 9.97 Å². The molecule has 2 heterocycles. The van der Waals surface area contributed by atoms with Crippen LogP contribution in [0.25, 0.3) is 11.3 Å². The molecule has 1 aliphatic heterocycles. The minimum Gasteiger partial charge on any atom is -0.454 e. The molecule has 1 aromatic heterocycles. The molecule has 0 saturated heterocycles. The van der Waals surface area contributed by atoms with Gasteiger partial charge in [-0.25, -0.2) is 4.98 Å². The number of H-pyrrole nitrogens is 1. The average molecular weight is 273 g/mol. The van der Waals surface area contributed by atoms with Gasteiger partial charge in [0, 0.05) is 18.0 Å². The molecule has 0 bridgehead atoms. The average Bonchev–Trinajstić information content (AvgIpc) is 3.06. The van der Waals surface area contributed by atoms with E-state index in [9.17, 15) is 0 Å². The van der Waals surface area contributed by atoms with Crippen molar-refractivity contribution in [3.05, 3.63) is 30.2 Å². The monoisotopic (exact) mass is 273 g/mol. The molecule has 20 heavy (non-hydrogen) atoms. The maximum Gasteiger partial charge on any atom is 0.231 e. The fourth-order valence-electron chi connectivity index (χ4n) is 2.44. The van der Waals surface area contributed by atoms with Gasteiger partial charge in [0.1, 0.15) is 5.82 Å². The molecular weight excluding hydrogens is 254 g/mol. The van der Waals surface area contributed by atoms with Gasteiger partial charge in [-0.2, -0.15) is 0 Å². The van der Waals surface area contributed by atoms with Crippen LogP contribution in [0.4, 0.5) is 0 Å². The van der Waals surface area contributed by atoms with Crippen molar-refractivity contribution >= 4 is 0 Å². The van der Waals surface area contributed by atoms with E-state index in [1.54, 1.807) is 0 Å². The first-order valence-electron chi connectivity index (χ1n) is 6.84. The van der Waals surface area contributed by atoms with Crippen molar-refractivity contribution in [2.45, 2.75) is 19.8 Å². The van der Waals surface area contributed by atoms with Crippen LogP contribution in [0.1, 0.15) is 25.6 Å². The summed E-state index contributed by atoms with van der Waals surface area (Å²) in [6.45, 7) is 5.18. The van der Waals surface area contributed by atoms with Gasteiger partial charge in [-0.3, -0.25) is 0 Å². The van der Waals surface area contributed by atoms with Gasteiger partial charge in [-0.05, 0) is 24.1 Å². The van der Waals surface area contributed by atoms with Gasteiger partial charge in [-0.1, -0.05) is 13.8 Å². The molecule has 3 rings (SSSR count). The number of rotatable bonds is 4. The topological polar surface area (TPSA) is 73.2 Å². The molecule has 1 aliphatic rings. The SMILES string of the molecule is CC(C)C(CN)c1ncc(-c2ccc3c(c2)OCO3)[nH]1. The van der Waals surface area contributed by atoms with Crippen LogP contribution in [0.3, 0.4) is 0 Å². The van der Waals surface area contributed by atoms with E-state index < -0.39 is 0 Å². The Kier molecular flexibility index (Phi) is 3.36. The third kappa shape index (κ3) is 2.25. The lowest BCUT2D eigenvalue weighted by Gasteiger charge is -2.15. The van der Waals surface area contributed by atoms with E-state index in [0.29, 0.717) is 12.5 Å². The number of ether oxygens (including phenoxy) is 2. The van der Waals surface area contributed by atoms with Crippen LogP contribution < -0.4 is 15.2 Å². The Morgan fingerprint density at radius 2 is 2.10 bits per heavy atom. The summed E-state index contributed by atoms with van der Waals surface area (Å²) in [5.41, 5.74) is 7.84. The van der Waals surface area contributed by atoms with Crippen molar-refractivity contribution in [1.29, 1.82) is 0 Å². The smallest absolute Gasteiger partial charge is 0.231 e. The first-order valence-corrected chi connectivity index (χ1v) is 6.84. The van der Waals surface area contributed by atoms with Crippen molar-refractivity contribution in [3.63, 3.8) is 0 Å². The highest BCUT2D eigenvalue weighted by Gasteiger charge is 2.19. The van der Waals surface area contributed by atoms with E-state index in [-0.39, 0.29) is 12.7 Å². The zero-order chi connectivity index (χ0) is 14.1. The molecule has 5 nitrogen and oxygen atoms in total. The van der Waals surface area contributed by atoms with Crippen LogP contribution in [0.5, 0.6) is 11.5 Å². The lowest BCUT2D eigenvalue weighted by molar-refractivity contribution is 0.174. The zero-order valence-electron chi connectivity index (χ0n) is 11.7. The molecule has 0 fully saturated rings. The number of fused-ring (bicyclic) bond motifs is 1. The van der Waals surface area contributed by atoms with Crippen LogP contribution in [-0.2, 0) is 0 Å². The van der Waals surface area contributed by atoms with E-state index in [0.717, 1.165) is 28.6 Å². The Hall–Kier alpha value is -2.01. The molecule has 3 N–H and O–H groups in total.